The van der Waals surface area contributed by atoms with Crippen molar-refractivity contribution < 1.29 is 9.18 Å². The molecule has 8 heteroatoms. The van der Waals surface area contributed by atoms with Gasteiger partial charge in [0.15, 0.2) is 0 Å². The number of hydrogen-bond acceptors (Lipinski definition) is 5. The van der Waals surface area contributed by atoms with Crippen molar-refractivity contribution in [3.63, 3.8) is 0 Å². The first-order valence-corrected chi connectivity index (χ1v) is 9.04. The molecule has 140 valence electrons. The number of fused-ring (bicyclic) bond motifs is 1. The van der Waals surface area contributed by atoms with E-state index in [9.17, 15) is 9.18 Å². The molecule has 1 fully saturated rings. The summed E-state index contributed by atoms with van der Waals surface area (Å²) in [5.41, 5.74) is 1.75. The first-order chi connectivity index (χ1) is 13.1. The largest absolute Gasteiger partial charge is 0.356 e. The summed E-state index contributed by atoms with van der Waals surface area (Å²) in [7, 11) is 0. The molecule has 1 amide bonds. The third kappa shape index (κ3) is 3.74. The molecule has 2 aromatic heterocycles. The first kappa shape index (κ1) is 17.4. The molecule has 7 nitrogen and oxygen atoms in total. The summed E-state index contributed by atoms with van der Waals surface area (Å²) in [5, 5.41) is 7.23. The van der Waals surface area contributed by atoms with Gasteiger partial charge in [0.1, 0.15) is 18.0 Å². The van der Waals surface area contributed by atoms with Crippen molar-refractivity contribution in [2.45, 2.75) is 26.3 Å². The fourth-order valence-electron chi connectivity index (χ4n) is 3.47. The summed E-state index contributed by atoms with van der Waals surface area (Å²) in [6.45, 7) is 3.81. The highest BCUT2D eigenvalue weighted by molar-refractivity contribution is 5.79. The predicted molar refractivity (Wildman–Crippen MR) is 98.7 cm³/mol. The lowest BCUT2D eigenvalue weighted by molar-refractivity contribution is -0.125. The zero-order valence-corrected chi connectivity index (χ0v) is 15.1. The summed E-state index contributed by atoms with van der Waals surface area (Å²) in [5.74, 6) is 1.11. The Bertz CT molecular complexity index is 954. The number of aromatic nitrogens is 4. The van der Waals surface area contributed by atoms with Crippen molar-refractivity contribution >= 4 is 17.5 Å². The third-order valence-electron chi connectivity index (χ3n) is 4.86. The molecule has 27 heavy (non-hydrogen) atoms. The van der Waals surface area contributed by atoms with E-state index in [1.807, 2.05) is 13.0 Å². The van der Waals surface area contributed by atoms with Gasteiger partial charge in [-0.1, -0.05) is 12.1 Å². The standard InChI is InChI=1S/C19H21FN6O/c1-13-9-17(26-19(24-13)22-12-23-26)25-8-2-3-15(11-25)18(27)21-10-14-4-6-16(20)7-5-14/h4-7,9,12,15H,2-3,8,10-11H2,1H3,(H,21,27)/t15-/m0/s1. The molecule has 1 saturated heterocycles. The van der Waals surface area contributed by atoms with Crippen molar-refractivity contribution in [2.75, 3.05) is 18.0 Å². The Balaban J connectivity index is 1.45. The number of aryl methyl sites for hydroxylation is 1. The van der Waals surface area contributed by atoms with Gasteiger partial charge >= 0.3 is 0 Å². The Kier molecular flexibility index (Phi) is 4.70. The summed E-state index contributed by atoms with van der Waals surface area (Å²) >= 11 is 0. The van der Waals surface area contributed by atoms with Gasteiger partial charge in [0.2, 0.25) is 5.91 Å². The van der Waals surface area contributed by atoms with Crippen molar-refractivity contribution in [1.29, 1.82) is 0 Å². The number of hydrogen-bond donors (Lipinski definition) is 1. The maximum atomic E-state index is 13.0. The van der Waals surface area contributed by atoms with E-state index in [4.69, 9.17) is 0 Å². The SMILES string of the molecule is Cc1cc(N2CCC[C@H](C(=O)NCc3ccc(F)cc3)C2)n2ncnc2n1. The number of halogens is 1. The van der Waals surface area contributed by atoms with Crippen LogP contribution in [0.3, 0.4) is 0 Å². The second-order valence-electron chi connectivity index (χ2n) is 6.86. The smallest absolute Gasteiger partial charge is 0.254 e. The predicted octanol–water partition coefficient (Wildman–Crippen LogP) is 2.10. The van der Waals surface area contributed by atoms with Crippen molar-refractivity contribution in [1.82, 2.24) is 24.9 Å². The maximum absolute atomic E-state index is 13.0. The highest BCUT2D eigenvalue weighted by Crippen LogP contribution is 2.24. The average Bonchev–Trinajstić information content (AvgIpc) is 3.15. The lowest BCUT2D eigenvalue weighted by Crippen LogP contribution is -2.43. The number of nitrogens with one attached hydrogen (secondary N) is 1. The van der Waals surface area contributed by atoms with E-state index in [0.29, 0.717) is 18.9 Å². The van der Waals surface area contributed by atoms with Gasteiger partial charge in [-0.25, -0.2) is 9.37 Å². The van der Waals surface area contributed by atoms with Crippen LogP contribution in [0.15, 0.2) is 36.7 Å². The molecular weight excluding hydrogens is 347 g/mol. The van der Waals surface area contributed by atoms with Crippen LogP contribution in [0.1, 0.15) is 24.1 Å². The highest BCUT2D eigenvalue weighted by atomic mass is 19.1. The van der Waals surface area contributed by atoms with E-state index in [-0.39, 0.29) is 17.6 Å². The number of rotatable bonds is 4. The highest BCUT2D eigenvalue weighted by Gasteiger charge is 2.27. The molecule has 0 radical (unpaired) electrons. The van der Waals surface area contributed by atoms with Crippen molar-refractivity contribution in [2.24, 2.45) is 5.92 Å². The van der Waals surface area contributed by atoms with E-state index in [0.717, 1.165) is 36.5 Å². The van der Waals surface area contributed by atoms with E-state index in [1.165, 1.54) is 18.5 Å². The van der Waals surface area contributed by atoms with Gasteiger partial charge in [-0.15, -0.1) is 0 Å². The van der Waals surface area contributed by atoms with Gasteiger partial charge in [0.25, 0.3) is 5.78 Å². The molecule has 1 aromatic carbocycles. The van der Waals surface area contributed by atoms with Gasteiger partial charge in [0.05, 0.1) is 5.92 Å². The Morgan fingerprint density at radius 2 is 2.15 bits per heavy atom. The summed E-state index contributed by atoms with van der Waals surface area (Å²) in [6, 6.07) is 8.15. The molecule has 1 N–H and O–H groups in total. The zero-order chi connectivity index (χ0) is 18.8. The monoisotopic (exact) mass is 368 g/mol. The number of amides is 1. The van der Waals surface area contributed by atoms with Crippen molar-refractivity contribution in [3.8, 4) is 0 Å². The van der Waals surface area contributed by atoms with Crippen LogP contribution >= 0.6 is 0 Å². The normalized spacial score (nSPS) is 17.3. The number of anilines is 1. The minimum Gasteiger partial charge on any atom is -0.356 e. The van der Waals surface area contributed by atoms with Crippen LogP contribution in [0.25, 0.3) is 5.78 Å². The lowest BCUT2D eigenvalue weighted by atomic mass is 9.97. The van der Waals surface area contributed by atoms with E-state index >= 15 is 0 Å². The van der Waals surface area contributed by atoms with E-state index in [1.54, 1.807) is 16.6 Å². The lowest BCUT2D eigenvalue weighted by Gasteiger charge is -2.33. The summed E-state index contributed by atoms with van der Waals surface area (Å²) in [6.07, 6.45) is 3.25. The molecular formula is C19H21FN6O. The van der Waals surface area contributed by atoms with E-state index < -0.39 is 0 Å². The van der Waals surface area contributed by atoms with E-state index in [2.05, 4.69) is 25.3 Å². The molecule has 0 aliphatic carbocycles. The molecule has 3 aromatic rings. The number of nitrogens with zero attached hydrogens (tertiary/aromatic N) is 5. The second kappa shape index (κ2) is 7.30. The maximum Gasteiger partial charge on any atom is 0.254 e. The molecule has 0 bridgehead atoms. The molecule has 1 aliphatic heterocycles. The van der Waals surface area contributed by atoms with Gasteiger partial charge < -0.3 is 10.2 Å². The molecule has 1 aliphatic rings. The van der Waals surface area contributed by atoms with Crippen LogP contribution in [-0.2, 0) is 11.3 Å². The minimum atomic E-state index is -0.278. The first-order valence-electron chi connectivity index (χ1n) is 9.04. The van der Waals surface area contributed by atoms with Crippen LogP contribution in [-0.4, -0.2) is 38.6 Å². The number of benzene rings is 1. The molecule has 1 atom stereocenters. The van der Waals surface area contributed by atoms with Crippen LogP contribution in [0.5, 0.6) is 0 Å². The summed E-state index contributed by atoms with van der Waals surface area (Å²) in [4.78, 5) is 23.3. The number of carbonyl (C=O) groups excluding carboxylic acids is 1. The Morgan fingerprint density at radius 1 is 1.33 bits per heavy atom. The van der Waals surface area contributed by atoms with Crippen molar-refractivity contribution in [3.05, 3.63) is 53.7 Å². The molecule has 3 heterocycles. The number of carbonyl (C=O) groups is 1. The quantitative estimate of drug-likeness (QED) is 0.763. The van der Waals surface area contributed by atoms with Gasteiger partial charge in [-0.05, 0) is 37.5 Å². The molecule has 4 rings (SSSR count). The van der Waals surface area contributed by atoms with Gasteiger partial charge in [-0.2, -0.15) is 14.6 Å². The third-order valence-corrected chi connectivity index (χ3v) is 4.86. The molecule has 0 spiro atoms. The molecule has 0 saturated carbocycles. The van der Waals surface area contributed by atoms with Gasteiger partial charge in [0, 0.05) is 31.4 Å². The van der Waals surface area contributed by atoms with Gasteiger partial charge in [-0.3, -0.25) is 4.79 Å². The zero-order valence-electron chi connectivity index (χ0n) is 15.1. The Labute approximate surface area is 156 Å². The van der Waals surface area contributed by atoms with Crippen LogP contribution in [0.2, 0.25) is 0 Å². The average molecular weight is 368 g/mol. The number of piperidine rings is 1. The minimum absolute atomic E-state index is 0.0182. The van der Waals surface area contributed by atoms with Crippen LogP contribution in [0, 0.1) is 18.7 Å². The fraction of sp³-hybridized carbons (Fsp3) is 0.368. The molecule has 0 unspecified atom stereocenters. The fourth-order valence-corrected chi connectivity index (χ4v) is 3.47. The summed E-state index contributed by atoms with van der Waals surface area (Å²) < 4.78 is 14.7. The Hall–Kier alpha value is -3.03. The second-order valence-corrected chi connectivity index (χ2v) is 6.86. The van der Waals surface area contributed by atoms with Crippen LogP contribution in [0.4, 0.5) is 10.2 Å². The topological polar surface area (TPSA) is 75.4 Å². The Morgan fingerprint density at radius 3 is 2.96 bits per heavy atom. The van der Waals surface area contributed by atoms with Crippen LogP contribution < -0.4 is 10.2 Å².